The summed E-state index contributed by atoms with van der Waals surface area (Å²) >= 11 is 10.00. The number of nitrogens with two attached hydrogens (primary N) is 1. The van der Waals surface area contributed by atoms with Crippen LogP contribution in [0.25, 0.3) is 5.69 Å². The van der Waals surface area contributed by atoms with Crippen molar-refractivity contribution in [2.24, 2.45) is 0 Å². The van der Waals surface area contributed by atoms with Gasteiger partial charge >= 0.3 is 0 Å². The van der Waals surface area contributed by atoms with E-state index in [0.717, 1.165) is 21.4 Å². The number of aryl methyl sites for hydroxylation is 1. The highest BCUT2D eigenvalue weighted by Gasteiger charge is 2.18. The minimum Gasteiger partial charge on any atom is -0.383 e. The number of nitrogen functional groups attached to an aromatic ring is 1. The summed E-state index contributed by atoms with van der Waals surface area (Å²) in [5.74, 6) is 0.0900. The number of hydrogen-bond acceptors (Lipinski definition) is 4. The molecule has 0 saturated heterocycles. The summed E-state index contributed by atoms with van der Waals surface area (Å²) in [6, 6.07) is 15.2. The van der Waals surface area contributed by atoms with Crippen molar-refractivity contribution < 1.29 is 4.79 Å². The molecule has 0 saturated carbocycles. The molecule has 3 N–H and O–H groups in total. The second kappa shape index (κ2) is 6.88. The zero-order chi connectivity index (χ0) is 17.3. The molecule has 0 unspecified atom stereocenters. The van der Waals surface area contributed by atoms with Crippen LogP contribution in [-0.4, -0.2) is 10.5 Å². The van der Waals surface area contributed by atoms with Crippen LogP contribution in [0.2, 0.25) is 0 Å². The fraction of sp³-hybridized carbons (Fsp3) is 0.0588. The molecule has 1 aromatic heterocycles. The molecule has 24 heavy (non-hydrogen) atoms. The summed E-state index contributed by atoms with van der Waals surface area (Å²) in [5, 5.41) is 2.89. The minimum atomic E-state index is -0.256. The van der Waals surface area contributed by atoms with Crippen LogP contribution in [0.5, 0.6) is 0 Å². The normalized spacial score (nSPS) is 10.6. The minimum absolute atomic E-state index is 0.256. The maximum atomic E-state index is 12.6. The summed E-state index contributed by atoms with van der Waals surface area (Å²) in [7, 11) is 0. The number of carbonyl (C=O) groups excluding carboxylic acids is 1. The molecular formula is C17H14BrN3OS2. The van der Waals surface area contributed by atoms with Gasteiger partial charge in [-0.2, -0.15) is 0 Å². The molecule has 4 nitrogen and oxygen atoms in total. The predicted octanol–water partition coefficient (Wildman–Crippen LogP) is 5.17. The molecule has 0 aliphatic rings. The number of rotatable bonds is 3. The fourth-order valence-corrected chi connectivity index (χ4v) is 3.80. The maximum absolute atomic E-state index is 12.6. The summed E-state index contributed by atoms with van der Waals surface area (Å²) in [4.78, 5) is 13.0. The Hall–Kier alpha value is -1.96. The molecule has 0 atom stereocenters. The quantitative estimate of drug-likeness (QED) is 0.575. The molecular weight excluding hydrogens is 406 g/mol. The second-order valence-corrected chi connectivity index (χ2v) is 7.72. The Labute approximate surface area is 157 Å². The van der Waals surface area contributed by atoms with Gasteiger partial charge in [-0.1, -0.05) is 45.5 Å². The lowest BCUT2D eigenvalue weighted by atomic mass is 10.2. The van der Waals surface area contributed by atoms with Crippen molar-refractivity contribution >= 4 is 56.9 Å². The standard InChI is InChI=1S/C17H14BrN3OS2/c1-10-4-2-3-5-13(10)20-16(22)14-15(19)21(17(23)24-14)12-8-6-11(18)7-9-12/h2-9H,19H2,1H3,(H,20,22). The Balaban J connectivity index is 1.97. The number of nitrogens with zero attached hydrogens (tertiary/aromatic N) is 1. The first-order chi connectivity index (χ1) is 11.5. The number of para-hydroxylation sites is 1. The van der Waals surface area contributed by atoms with Crippen LogP contribution in [0.3, 0.4) is 0 Å². The monoisotopic (exact) mass is 419 g/mol. The molecule has 7 heteroatoms. The second-order valence-electron chi connectivity index (χ2n) is 5.16. The van der Waals surface area contributed by atoms with E-state index in [9.17, 15) is 4.79 Å². The van der Waals surface area contributed by atoms with Gasteiger partial charge < -0.3 is 11.1 Å². The molecule has 0 fully saturated rings. The van der Waals surface area contributed by atoms with Crippen LogP contribution in [0.1, 0.15) is 15.2 Å². The lowest BCUT2D eigenvalue weighted by Gasteiger charge is -2.08. The van der Waals surface area contributed by atoms with Gasteiger partial charge in [0, 0.05) is 15.8 Å². The van der Waals surface area contributed by atoms with E-state index in [-0.39, 0.29) is 5.91 Å². The van der Waals surface area contributed by atoms with Crippen LogP contribution < -0.4 is 11.1 Å². The summed E-state index contributed by atoms with van der Waals surface area (Å²) in [6.45, 7) is 1.94. The lowest BCUT2D eigenvalue weighted by Crippen LogP contribution is -2.14. The average molecular weight is 420 g/mol. The number of nitrogens with one attached hydrogen (secondary N) is 1. The van der Waals surface area contributed by atoms with Gasteiger partial charge in [0.2, 0.25) is 0 Å². The Morgan fingerprint density at radius 1 is 1.21 bits per heavy atom. The highest BCUT2D eigenvalue weighted by molar-refractivity contribution is 9.10. The van der Waals surface area contributed by atoms with E-state index in [0.29, 0.717) is 14.6 Å². The first-order valence-corrected chi connectivity index (χ1v) is 9.13. The van der Waals surface area contributed by atoms with E-state index >= 15 is 0 Å². The largest absolute Gasteiger partial charge is 0.383 e. The molecule has 0 spiro atoms. The van der Waals surface area contributed by atoms with Crippen molar-refractivity contribution in [1.29, 1.82) is 0 Å². The predicted molar refractivity (Wildman–Crippen MR) is 106 cm³/mol. The zero-order valence-electron chi connectivity index (χ0n) is 12.7. The number of hydrogen-bond donors (Lipinski definition) is 2. The SMILES string of the molecule is Cc1ccccc1NC(=O)c1sc(=S)n(-c2ccc(Br)cc2)c1N. The smallest absolute Gasteiger partial charge is 0.269 e. The molecule has 1 heterocycles. The summed E-state index contributed by atoms with van der Waals surface area (Å²) in [6.07, 6.45) is 0. The van der Waals surface area contributed by atoms with Gasteiger partial charge in [0.1, 0.15) is 10.7 Å². The van der Waals surface area contributed by atoms with Crippen molar-refractivity contribution in [2.45, 2.75) is 6.92 Å². The van der Waals surface area contributed by atoms with Gasteiger partial charge in [0.05, 0.1) is 0 Å². The van der Waals surface area contributed by atoms with Gasteiger partial charge in [0.15, 0.2) is 3.95 Å². The molecule has 0 aliphatic heterocycles. The van der Waals surface area contributed by atoms with Gasteiger partial charge in [0.25, 0.3) is 5.91 Å². The van der Waals surface area contributed by atoms with Crippen molar-refractivity contribution in [3.05, 3.63) is 67.4 Å². The van der Waals surface area contributed by atoms with Gasteiger partial charge in [-0.15, -0.1) is 0 Å². The maximum Gasteiger partial charge on any atom is 0.269 e. The van der Waals surface area contributed by atoms with Gasteiger partial charge in [-0.3, -0.25) is 9.36 Å². The van der Waals surface area contributed by atoms with Crippen molar-refractivity contribution in [2.75, 3.05) is 11.1 Å². The molecule has 1 amide bonds. The highest BCUT2D eigenvalue weighted by atomic mass is 79.9. The van der Waals surface area contributed by atoms with E-state index < -0.39 is 0 Å². The van der Waals surface area contributed by atoms with Crippen molar-refractivity contribution in [3.8, 4) is 5.69 Å². The first-order valence-electron chi connectivity index (χ1n) is 7.11. The van der Waals surface area contributed by atoms with Crippen LogP contribution in [0, 0.1) is 10.9 Å². The Kier molecular flexibility index (Phi) is 4.84. The number of anilines is 2. The van der Waals surface area contributed by atoms with Crippen LogP contribution >= 0.6 is 39.5 Å². The summed E-state index contributed by atoms with van der Waals surface area (Å²) < 4.78 is 3.20. The molecule has 3 rings (SSSR count). The number of carbonyl (C=O) groups is 1. The number of halogens is 1. The Morgan fingerprint density at radius 2 is 1.88 bits per heavy atom. The van der Waals surface area contributed by atoms with E-state index in [1.165, 1.54) is 11.3 Å². The van der Waals surface area contributed by atoms with Crippen molar-refractivity contribution in [1.82, 2.24) is 4.57 Å². The van der Waals surface area contributed by atoms with E-state index in [2.05, 4.69) is 21.2 Å². The van der Waals surface area contributed by atoms with Gasteiger partial charge in [-0.25, -0.2) is 0 Å². The third-order valence-corrected chi connectivity index (χ3v) is 5.45. The third-order valence-electron chi connectivity index (χ3n) is 3.53. The molecule has 0 radical (unpaired) electrons. The van der Waals surface area contributed by atoms with Crippen LogP contribution in [0.4, 0.5) is 11.5 Å². The molecule has 0 bridgehead atoms. The van der Waals surface area contributed by atoms with Crippen LogP contribution in [0.15, 0.2) is 53.0 Å². The Bertz CT molecular complexity index is 961. The summed E-state index contributed by atoms with van der Waals surface area (Å²) in [5.41, 5.74) is 8.77. The number of amides is 1. The lowest BCUT2D eigenvalue weighted by molar-refractivity contribution is 0.103. The van der Waals surface area contributed by atoms with E-state index in [1.807, 2.05) is 55.5 Å². The van der Waals surface area contributed by atoms with Crippen molar-refractivity contribution in [3.63, 3.8) is 0 Å². The number of thiazole rings is 1. The van der Waals surface area contributed by atoms with Crippen LogP contribution in [-0.2, 0) is 0 Å². The Morgan fingerprint density at radius 3 is 2.54 bits per heavy atom. The van der Waals surface area contributed by atoms with E-state index in [4.69, 9.17) is 18.0 Å². The molecule has 3 aromatic rings. The van der Waals surface area contributed by atoms with E-state index in [1.54, 1.807) is 4.57 Å². The molecule has 122 valence electrons. The topological polar surface area (TPSA) is 60.0 Å². The number of benzene rings is 2. The fourth-order valence-electron chi connectivity index (χ4n) is 2.27. The third kappa shape index (κ3) is 3.28. The van der Waals surface area contributed by atoms with Gasteiger partial charge in [-0.05, 0) is 55.0 Å². The first kappa shape index (κ1) is 16.9. The number of aromatic nitrogens is 1. The zero-order valence-corrected chi connectivity index (χ0v) is 16.0. The molecule has 2 aromatic carbocycles. The molecule has 0 aliphatic carbocycles. The highest BCUT2D eigenvalue weighted by Crippen LogP contribution is 2.28. The average Bonchev–Trinajstić information content (AvgIpc) is 2.85.